The fraction of sp³-hybridized carbons (Fsp3) is 0.333. The summed E-state index contributed by atoms with van der Waals surface area (Å²) in [5.41, 5.74) is 7.45. The number of amides is 2. The standard InChI is InChI=1S/C30H34BrN3O2/c1-17-13-19(3)25(20(4)14-17)33-27(35)30(7,8)28(36)34(26-21(5)15-18(2)16-22(26)6)29(33)32-24-11-9-23(31)10-12-24/h9-16,29,32H,1-8H3. The molecule has 3 aromatic rings. The third kappa shape index (κ3) is 4.43. The van der Waals surface area contributed by atoms with Crippen molar-refractivity contribution in [2.24, 2.45) is 5.41 Å². The maximum Gasteiger partial charge on any atom is 0.245 e. The van der Waals surface area contributed by atoms with E-state index in [0.717, 1.165) is 54.9 Å². The number of halogens is 1. The first kappa shape index (κ1) is 26.0. The average Bonchev–Trinajstić information content (AvgIpc) is 2.77. The molecule has 0 aromatic heterocycles. The van der Waals surface area contributed by atoms with Crippen LogP contribution in [0.2, 0.25) is 0 Å². The minimum atomic E-state index is -1.24. The smallest absolute Gasteiger partial charge is 0.245 e. The van der Waals surface area contributed by atoms with Gasteiger partial charge in [-0.15, -0.1) is 0 Å². The second-order valence-electron chi connectivity index (χ2n) is 10.5. The van der Waals surface area contributed by atoms with E-state index in [4.69, 9.17) is 0 Å². The number of hydrogen-bond acceptors (Lipinski definition) is 3. The Balaban J connectivity index is 2.02. The summed E-state index contributed by atoms with van der Waals surface area (Å²) in [6.07, 6.45) is -0.751. The number of nitrogens with one attached hydrogen (secondary N) is 1. The van der Waals surface area contributed by atoms with Gasteiger partial charge in [0, 0.05) is 10.2 Å². The van der Waals surface area contributed by atoms with E-state index in [0.29, 0.717) is 0 Å². The Labute approximate surface area is 222 Å². The quantitative estimate of drug-likeness (QED) is 0.354. The van der Waals surface area contributed by atoms with Crippen LogP contribution in [0.25, 0.3) is 0 Å². The summed E-state index contributed by atoms with van der Waals surface area (Å²) < 4.78 is 0.953. The highest BCUT2D eigenvalue weighted by Crippen LogP contribution is 2.42. The molecular weight excluding hydrogens is 514 g/mol. The van der Waals surface area contributed by atoms with Gasteiger partial charge in [0.15, 0.2) is 6.29 Å². The van der Waals surface area contributed by atoms with Crippen molar-refractivity contribution in [3.63, 3.8) is 0 Å². The lowest BCUT2D eigenvalue weighted by Crippen LogP contribution is -2.69. The Kier molecular flexibility index (Phi) is 6.78. The van der Waals surface area contributed by atoms with Gasteiger partial charge < -0.3 is 5.32 Å². The van der Waals surface area contributed by atoms with Crippen molar-refractivity contribution in [2.45, 2.75) is 61.7 Å². The van der Waals surface area contributed by atoms with E-state index in [1.165, 1.54) is 0 Å². The zero-order chi connectivity index (χ0) is 26.5. The number of hydrogen-bond donors (Lipinski definition) is 1. The summed E-state index contributed by atoms with van der Waals surface area (Å²) in [6.45, 7) is 15.7. The van der Waals surface area contributed by atoms with E-state index < -0.39 is 11.7 Å². The van der Waals surface area contributed by atoms with Crippen molar-refractivity contribution in [3.8, 4) is 0 Å². The molecule has 0 bridgehead atoms. The third-order valence-electron chi connectivity index (χ3n) is 6.89. The first-order valence-electron chi connectivity index (χ1n) is 12.2. The number of benzene rings is 3. The number of carbonyl (C=O) groups excluding carboxylic acids is 2. The summed E-state index contributed by atoms with van der Waals surface area (Å²) in [4.78, 5) is 31.8. The summed E-state index contributed by atoms with van der Waals surface area (Å²) in [6, 6.07) is 16.1. The van der Waals surface area contributed by atoms with Crippen LogP contribution in [0.4, 0.5) is 17.1 Å². The molecule has 1 fully saturated rings. The largest absolute Gasteiger partial charge is 0.347 e. The number of carbonyl (C=O) groups is 2. The highest BCUT2D eigenvalue weighted by atomic mass is 79.9. The predicted molar refractivity (Wildman–Crippen MR) is 152 cm³/mol. The molecule has 0 spiro atoms. The van der Waals surface area contributed by atoms with E-state index >= 15 is 0 Å². The molecule has 0 saturated carbocycles. The first-order chi connectivity index (χ1) is 16.8. The van der Waals surface area contributed by atoms with Crippen LogP contribution in [-0.2, 0) is 9.59 Å². The van der Waals surface area contributed by atoms with Gasteiger partial charge in [-0.05, 0) is 102 Å². The fourth-order valence-corrected chi connectivity index (χ4v) is 5.67. The molecule has 1 aliphatic rings. The molecule has 4 rings (SSSR count). The van der Waals surface area contributed by atoms with E-state index in [2.05, 4.69) is 59.4 Å². The molecule has 0 atom stereocenters. The van der Waals surface area contributed by atoms with Crippen molar-refractivity contribution in [1.29, 1.82) is 0 Å². The Bertz CT molecular complexity index is 1240. The Morgan fingerprint density at radius 1 is 0.694 bits per heavy atom. The van der Waals surface area contributed by atoms with Gasteiger partial charge in [-0.2, -0.15) is 0 Å². The van der Waals surface area contributed by atoms with E-state index in [-0.39, 0.29) is 11.8 Å². The molecule has 0 unspecified atom stereocenters. The molecule has 0 radical (unpaired) electrons. The lowest BCUT2D eigenvalue weighted by atomic mass is 9.85. The molecule has 1 N–H and O–H groups in total. The maximum atomic E-state index is 14.1. The molecule has 3 aromatic carbocycles. The topological polar surface area (TPSA) is 52.7 Å². The number of aryl methyl sites for hydroxylation is 6. The number of nitrogens with zero attached hydrogens (tertiary/aromatic N) is 2. The van der Waals surface area contributed by atoms with Crippen LogP contribution in [0.3, 0.4) is 0 Å². The normalized spacial score (nSPS) is 16.0. The summed E-state index contributed by atoms with van der Waals surface area (Å²) in [5, 5.41) is 3.53. The molecular formula is C30H34BrN3O2. The van der Waals surface area contributed by atoms with Crippen LogP contribution < -0.4 is 15.1 Å². The number of rotatable bonds is 4. The van der Waals surface area contributed by atoms with E-state index in [1.54, 1.807) is 23.6 Å². The average molecular weight is 549 g/mol. The van der Waals surface area contributed by atoms with E-state index in [9.17, 15) is 9.59 Å². The summed E-state index contributed by atoms with van der Waals surface area (Å²) >= 11 is 3.50. The molecule has 188 valence electrons. The molecule has 36 heavy (non-hydrogen) atoms. The Morgan fingerprint density at radius 2 is 1.06 bits per heavy atom. The van der Waals surface area contributed by atoms with Crippen molar-refractivity contribution >= 4 is 44.8 Å². The maximum absolute atomic E-state index is 14.1. The van der Waals surface area contributed by atoms with Gasteiger partial charge in [-0.3, -0.25) is 19.4 Å². The van der Waals surface area contributed by atoms with Crippen LogP contribution in [0.15, 0.2) is 53.0 Å². The van der Waals surface area contributed by atoms with Crippen molar-refractivity contribution in [3.05, 3.63) is 86.4 Å². The van der Waals surface area contributed by atoms with Gasteiger partial charge in [0.2, 0.25) is 11.8 Å². The third-order valence-corrected chi connectivity index (χ3v) is 7.42. The second kappa shape index (κ2) is 9.40. The molecule has 6 heteroatoms. The molecule has 1 saturated heterocycles. The van der Waals surface area contributed by atoms with Gasteiger partial charge in [-0.1, -0.05) is 51.3 Å². The van der Waals surface area contributed by atoms with Gasteiger partial charge in [0.05, 0.1) is 11.4 Å². The predicted octanol–water partition coefficient (Wildman–Crippen LogP) is 7.10. The fourth-order valence-electron chi connectivity index (χ4n) is 5.41. The van der Waals surface area contributed by atoms with Crippen molar-refractivity contribution < 1.29 is 9.59 Å². The molecule has 2 amide bonds. The van der Waals surface area contributed by atoms with Crippen LogP contribution >= 0.6 is 15.9 Å². The van der Waals surface area contributed by atoms with Gasteiger partial charge in [-0.25, -0.2) is 0 Å². The van der Waals surface area contributed by atoms with Crippen molar-refractivity contribution in [2.75, 3.05) is 15.1 Å². The van der Waals surface area contributed by atoms with Gasteiger partial charge in [0.1, 0.15) is 5.41 Å². The highest BCUT2D eigenvalue weighted by Gasteiger charge is 2.53. The highest BCUT2D eigenvalue weighted by molar-refractivity contribution is 9.10. The zero-order valence-corrected chi connectivity index (χ0v) is 23.9. The monoisotopic (exact) mass is 547 g/mol. The van der Waals surface area contributed by atoms with Crippen LogP contribution in [0.1, 0.15) is 47.2 Å². The minimum absolute atomic E-state index is 0.226. The Morgan fingerprint density at radius 3 is 1.42 bits per heavy atom. The lowest BCUT2D eigenvalue weighted by Gasteiger charge is -2.50. The molecule has 0 aliphatic carbocycles. The first-order valence-corrected chi connectivity index (χ1v) is 13.0. The van der Waals surface area contributed by atoms with Gasteiger partial charge in [0.25, 0.3) is 0 Å². The molecule has 5 nitrogen and oxygen atoms in total. The SMILES string of the molecule is Cc1cc(C)c(N2C(=O)C(C)(C)C(=O)N(c3c(C)cc(C)cc3C)C2Nc2ccc(Br)cc2)c(C)c1. The van der Waals surface area contributed by atoms with Gasteiger partial charge >= 0.3 is 0 Å². The summed E-state index contributed by atoms with van der Waals surface area (Å²) in [7, 11) is 0. The number of anilines is 3. The summed E-state index contributed by atoms with van der Waals surface area (Å²) in [5.74, 6) is -0.452. The lowest BCUT2D eigenvalue weighted by molar-refractivity contribution is -0.141. The van der Waals surface area contributed by atoms with Crippen molar-refractivity contribution in [1.82, 2.24) is 0 Å². The zero-order valence-electron chi connectivity index (χ0n) is 22.3. The van der Waals surface area contributed by atoms with E-state index in [1.807, 2.05) is 52.0 Å². The Hall–Kier alpha value is -3.12. The van der Waals surface area contributed by atoms with Crippen LogP contribution in [0, 0.1) is 47.0 Å². The van der Waals surface area contributed by atoms with Crippen LogP contribution in [0.5, 0.6) is 0 Å². The van der Waals surface area contributed by atoms with Crippen LogP contribution in [-0.4, -0.2) is 18.1 Å². The molecule has 1 heterocycles. The molecule has 1 aliphatic heterocycles. The second-order valence-corrected chi connectivity index (χ2v) is 11.4. The minimum Gasteiger partial charge on any atom is -0.347 e.